The standard InChI is InChI=1S/C7H6N2.C2H4/c1-2-6-4-8-5-9-7(6)3-1;1-2/h1-5H,(H,8,9);1-2H2. The summed E-state index contributed by atoms with van der Waals surface area (Å²) < 4.78 is 0. The van der Waals surface area contributed by atoms with Gasteiger partial charge in [0.15, 0.2) is 0 Å². The third kappa shape index (κ3) is 1.46. The van der Waals surface area contributed by atoms with Crippen LogP contribution in [0.25, 0.3) is 11.3 Å². The number of fused-ring (bicyclic) bond motifs is 1. The average molecular weight is 146 g/mol. The van der Waals surface area contributed by atoms with Crippen LogP contribution in [0.4, 0.5) is 0 Å². The molecule has 0 aromatic carbocycles. The molecule has 0 atom stereocenters. The molecule has 1 aliphatic heterocycles. The summed E-state index contributed by atoms with van der Waals surface area (Å²) in [4.78, 5) is 6.95. The van der Waals surface area contributed by atoms with Crippen LogP contribution in [0.1, 0.15) is 0 Å². The summed E-state index contributed by atoms with van der Waals surface area (Å²) in [5.74, 6) is 0. The van der Waals surface area contributed by atoms with E-state index in [1.807, 2.05) is 24.4 Å². The Morgan fingerprint density at radius 3 is 2.82 bits per heavy atom. The first-order chi connectivity index (χ1) is 5.47. The number of nitrogens with zero attached hydrogens (tertiary/aromatic N) is 1. The molecule has 11 heavy (non-hydrogen) atoms. The largest absolute Gasteiger partial charge is 0.346 e. The van der Waals surface area contributed by atoms with Crippen molar-refractivity contribution >= 4 is 0 Å². The van der Waals surface area contributed by atoms with Crippen molar-refractivity contribution in [3.63, 3.8) is 0 Å². The maximum Gasteiger partial charge on any atom is 0.0923 e. The van der Waals surface area contributed by atoms with E-state index in [4.69, 9.17) is 0 Å². The topological polar surface area (TPSA) is 28.7 Å². The molecule has 0 saturated carbocycles. The molecule has 0 aromatic rings. The minimum absolute atomic E-state index is 1.14. The summed E-state index contributed by atoms with van der Waals surface area (Å²) in [5.41, 5.74) is 2.31. The van der Waals surface area contributed by atoms with Gasteiger partial charge >= 0.3 is 0 Å². The minimum atomic E-state index is 1.14. The SMILES string of the molecule is C=C.c1cc2cnc[nH]c-2c1. The van der Waals surface area contributed by atoms with E-state index in [9.17, 15) is 0 Å². The van der Waals surface area contributed by atoms with E-state index in [0.29, 0.717) is 0 Å². The molecule has 0 saturated heterocycles. The van der Waals surface area contributed by atoms with Crippen LogP contribution in [-0.2, 0) is 0 Å². The van der Waals surface area contributed by atoms with Crippen LogP contribution < -0.4 is 0 Å². The molecule has 0 aromatic heterocycles. The summed E-state index contributed by atoms with van der Waals surface area (Å²) in [6, 6.07) is 6.05. The number of nitrogens with one attached hydrogen (secondary N) is 1. The first-order valence-electron chi connectivity index (χ1n) is 3.34. The summed E-state index contributed by atoms with van der Waals surface area (Å²) in [5, 5.41) is 0. The smallest absolute Gasteiger partial charge is 0.0923 e. The molecule has 0 unspecified atom stereocenters. The van der Waals surface area contributed by atoms with Gasteiger partial charge in [-0.25, -0.2) is 4.98 Å². The lowest BCUT2D eigenvalue weighted by molar-refractivity contribution is 1.18. The van der Waals surface area contributed by atoms with Gasteiger partial charge in [0.1, 0.15) is 0 Å². The van der Waals surface area contributed by atoms with E-state index in [0.717, 1.165) is 11.3 Å². The fourth-order valence-electron chi connectivity index (χ4n) is 0.902. The number of aromatic amines is 1. The van der Waals surface area contributed by atoms with Crippen LogP contribution in [0, 0.1) is 0 Å². The van der Waals surface area contributed by atoms with Gasteiger partial charge in [0.2, 0.25) is 0 Å². The van der Waals surface area contributed by atoms with Gasteiger partial charge in [0.05, 0.1) is 6.33 Å². The first-order valence-corrected chi connectivity index (χ1v) is 3.34. The third-order valence-electron chi connectivity index (χ3n) is 1.36. The highest BCUT2D eigenvalue weighted by molar-refractivity contribution is 5.60. The quantitative estimate of drug-likeness (QED) is 0.568. The Bertz CT molecular complexity index is 260. The van der Waals surface area contributed by atoms with Crippen LogP contribution in [-0.4, -0.2) is 9.97 Å². The molecule has 0 radical (unpaired) electrons. The second-order valence-electron chi connectivity index (χ2n) is 1.95. The van der Waals surface area contributed by atoms with Crippen LogP contribution in [0.2, 0.25) is 0 Å². The Kier molecular flexibility index (Phi) is 2.44. The van der Waals surface area contributed by atoms with Crippen molar-refractivity contribution in [2.24, 2.45) is 0 Å². The fraction of sp³-hybridized carbons (Fsp3) is 0. The second kappa shape index (κ2) is 3.56. The lowest BCUT2D eigenvalue weighted by Gasteiger charge is -1.93. The molecule has 2 rings (SSSR count). The van der Waals surface area contributed by atoms with Gasteiger partial charge in [0.25, 0.3) is 0 Å². The van der Waals surface area contributed by atoms with Gasteiger partial charge in [-0.2, -0.15) is 0 Å². The highest BCUT2D eigenvalue weighted by Crippen LogP contribution is 2.16. The van der Waals surface area contributed by atoms with Crippen molar-refractivity contribution in [3.8, 4) is 11.3 Å². The van der Waals surface area contributed by atoms with Crippen molar-refractivity contribution < 1.29 is 0 Å². The van der Waals surface area contributed by atoms with E-state index in [-0.39, 0.29) is 0 Å². The zero-order valence-electron chi connectivity index (χ0n) is 6.25. The molecule has 0 fully saturated rings. The van der Waals surface area contributed by atoms with Gasteiger partial charge in [-0.05, 0) is 6.07 Å². The third-order valence-corrected chi connectivity index (χ3v) is 1.36. The summed E-state index contributed by atoms with van der Waals surface area (Å²) in [6.45, 7) is 6.00. The average Bonchev–Trinajstić information content (AvgIpc) is 2.55. The maximum atomic E-state index is 3.93. The number of H-pyrrole nitrogens is 1. The molecular weight excluding hydrogens is 136 g/mol. The van der Waals surface area contributed by atoms with E-state index in [1.54, 1.807) is 6.33 Å². The zero-order chi connectivity index (χ0) is 8.10. The van der Waals surface area contributed by atoms with Gasteiger partial charge in [0, 0.05) is 17.5 Å². The van der Waals surface area contributed by atoms with E-state index < -0.39 is 0 Å². The lowest BCUT2D eigenvalue weighted by atomic mass is 10.3. The monoisotopic (exact) mass is 146 g/mol. The molecule has 0 amide bonds. The number of hydrogen-bond acceptors (Lipinski definition) is 1. The van der Waals surface area contributed by atoms with Crippen molar-refractivity contribution in [2.75, 3.05) is 0 Å². The van der Waals surface area contributed by atoms with Crippen LogP contribution in [0.3, 0.4) is 0 Å². The Labute approximate surface area is 65.9 Å². The number of aromatic nitrogens is 2. The van der Waals surface area contributed by atoms with Crippen molar-refractivity contribution in [1.29, 1.82) is 0 Å². The maximum absolute atomic E-state index is 3.93. The van der Waals surface area contributed by atoms with Gasteiger partial charge in [-0.15, -0.1) is 13.2 Å². The molecule has 1 aliphatic carbocycles. The van der Waals surface area contributed by atoms with Crippen LogP contribution in [0.5, 0.6) is 0 Å². The van der Waals surface area contributed by atoms with Crippen molar-refractivity contribution in [3.05, 3.63) is 43.9 Å². The summed E-state index contributed by atoms with van der Waals surface area (Å²) in [6.07, 6.45) is 3.52. The summed E-state index contributed by atoms with van der Waals surface area (Å²) >= 11 is 0. The molecule has 2 nitrogen and oxygen atoms in total. The zero-order valence-corrected chi connectivity index (χ0v) is 6.25. The Morgan fingerprint density at radius 2 is 2.09 bits per heavy atom. The minimum Gasteiger partial charge on any atom is -0.346 e. The normalized spacial score (nSPS) is 8.73. The lowest BCUT2D eigenvalue weighted by Crippen LogP contribution is -1.79. The predicted molar refractivity (Wildman–Crippen MR) is 46.5 cm³/mol. The molecular formula is C9H10N2. The second-order valence-corrected chi connectivity index (χ2v) is 1.95. The highest BCUT2D eigenvalue weighted by atomic mass is 14.8. The number of hydrogen-bond donors (Lipinski definition) is 1. The van der Waals surface area contributed by atoms with E-state index in [1.165, 1.54) is 0 Å². The van der Waals surface area contributed by atoms with Crippen LogP contribution in [0.15, 0.2) is 43.9 Å². The Balaban J connectivity index is 0.000000281. The number of rotatable bonds is 0. The molecule has 1 N–H and O–H groups in total. The molecule has 1 heterocycles. The van der Waals surface area contributed by atoms with Gasteiger partial charge in [-0.3, -0.25) is 0 Å². The Hall–Kier alpha value is -1.57. The predicted octanol–water partition coefficient (Wildman–Crippen LogP) is 2.32. The molecule has 56 valence electrons. The molecule has 0 bridgehead atoms. The first kappa shape index (κ1) is 7.54. The molecule has 0 spiro atoms. The fourth-order valence-corrected chi connectivity index (χ4v) is 0.902. The Morgan fingerprint density at radius 1 is 1.27 bits per heavy atom. The van der Waals surface area contributed by atoms with E-state index in [2.05, 4.69) is 23.1 Å². The molecule has 2 heteroatoms. The van der Waals surface area contributed by atoms with Gasteiger partial charge in [-0.1, -0.05) is 12.1 Å². The van der Waals surface area contributed by atoms with Gasteiger partial charge < -0.3 is 4.98 Å². The highest BCUT2D eigenvalue weighted by Gasteiger charge is 1.96. The summed E-state index contributed by atoms with van der Waals surface area (Å²) in [7, 11) is 0. The molecule has 2 aliphatic rings. The van der Waals surface area contributed by atoms with Crippen LogP contribution >= 0.6 is 0 Å². The van der Waals surface area contributed by atoms with Crippen molar-refractivity contribution in [2.45, 2.75) is 0 Å². The van der Waals surface area contributed by atoms with E-state index >= 15 is 0 Å². The van der Waals surface area contributed by atoms with Crippen molar-refractivity contribution in [1.82, 2.24) is 9.97 Å².